The zero-order valence-electron chi connectivity index (χ0n) is 10.1. The molecule has 0 aromatic heterocycles. The Bertz CT molecular complexity index is 226. The van der Waals surface area contributed by atoms with E-state index in [1.807, 2.05) is 0 Å². The van der Waals surface area contributed by atoms with E-state index in [9.17, 15) is 0 Å². The second-order valence-corrected chi connectivity index (χ2v) is 4.19. The Labute approximate surface area is 103 Å². The highest BCUT2D eigenvalue weighted by atomic mass is 16.5. The van der Waals surface area contributed by atoms with Crippen LogP contribution in [-0.4, -0.2) is 48.4 Å². The van der Waals surface area contributed by atoms with Crippen molar-refractivity contribution in [3.05, 3.63) is 38.0 Å². The first-order valence-corrected chi connectivity index (χ1v) is 5.38. The van der Waals surface area contributed by atoms with Gasteiger partial charge in [0.05, 0.1) is 38.4 Å². The molecule has 0 radical (unpaired) electrons. The van der Waals surface area contributed by atoms with E-state index < -0.39 is 10.8 Å². The molecule has 0 atom stereocenters. The van der Waals surface area contributed by atoms with E-state index >= 15 is 0 Å². The predicted octanol–water partition coefficient (Wildman–Crippen LogP) is 0.511. The van der Waals surface area contributed by atoms with Gasteiger partial charge < -0.3 is 20.1 Å². The van der Waals surface area contributed by atoms with Gasteiger partial charge in [0.2, 0.25) is 0 Å². The van der Waals surface area contributed by atoms with E-state index in [-0.39, 0.29) is 33.0 Å². The summed E-state index contributed by atoms with van der Waals surface area (Å²) in [5, 5.41) is 27.4. The van der Waals surface area contributed by atoms with Crippen molar-refractivity contribution in [3.63, 3.8) is 0 Å². The van der Waals surface area contributed by atoms with Gasteiger partial charge >= 0.3 is 0 Å². The van der Waals surface area contributed by atoms with Gasteiger partial charge in [0.1, 0.15) is 0 Å². The molecule has 0 aliphatic carbocycles. The molecule has 0 fully saturated rings. The third kappa shape index (κ3) is 4.09. The van der Waals surface area contributed by atoms with Gasteiger partial charge in [0.15, 0.2) is 0 Å². The maximum atomic E-state index is 9.12. The van der Waals surface area contributed by atoms with Gasteiger partial charge in [0.25, 0.3) is 0 Å². The van der Waals surface area contributed by atoms with Gasteiger partial charge in [-0.25, -0.2) is 0 Å². The second-order valence-electron chi connectivity index (χ2n) is 4.19. The summed E-state index contributed by atoms with van der Waals surface area (Å²) in [5.74, 6) is 0. The average Bonchev–Trinajstić information content (AvgIpc) is 2.41. The molecule has 0 rings (SSSR count). The van der Waals surface area contributed by atoms with Crippen molar-refractivity contribution in [1.29, 1.82) is 0 Å². The first-order chi connectivity index (χ1) is 8.07. The van der Waals surface area contributed by atoms with Gasteiger partial charge in [-0.05, 0) is 0 Å². The highest BCUT2D eigenvalue weighted by molar-refractivity contribution is 5.16. The van der Waals surface area contributed by atoms with Crippen molar-refractivity contribution in [1.82, 2.24) is 0 Å². The topological polar surface area (TPSA) is 69.9 Å². The van der Waals surface area contributed by atoms with Crippen molar-refractivity contribution < 1.29 is 20.1 Å². The highest BCUT2D eigenvalue weighted by Gasteiger charge is 2.29. The highest BCUT2D eigenvalue weighted by Crippen LogP contribution is 2.23. The first kappa shape index (κ1) is 16.1. The van der Waals surface area contributed by atoms with E-state index in [0.29, 0.717) is 0 Å². The minimum Gasteiger partial charge on any atom is -0.396 e. The van der Waals surface area contributed by atoms with Crippen molar-refractivity contribution in [2.24, 2.45) is 10.8 Å². The fraction of sp³-hybridized carbons (Fsp3) is 0.538. The monoisotopic (exact) mass is 242 g/mol. The summed E-state index contributed by atoms with van der Waals surface area (Å²) in [6, 6.07) is 0. The maximum absolute atomic E-state index is 9.12. The number of aliphatic hydroxyl groups is 3. The van der Waals surface area contributed by atoms with Crippen LogP contribution in [0, 0.1) is 10.8 Å². The SMILES string of the molecule is C=CC(C=C)(C=C)COCC(CO)(CO)CO. The predicted molar refractivity (Wildman–Crippen MR) is 67.5 cm³/mol. The summed E-state index contributed by atoms with van der Waals surface area (Å²) in [6.45, 7) is 10.3. The van der Waals surface area contributed by atoms with Crippen LogP contribution in [0.1, 0.15) is 0 Å². The summed E-state index contributed by atoms with van der Waals surface area (Å²) in [5.41, 5.74) is -1.55. The molecule has 0 aliphatic rings. The fourth-order valence-electron chi connectivity index (χ4n) is 1.16. The van der Waals surface area contributed by atoms with E-state index in [0.717, 1.165) is 0 Å². The molecule has 3 N–H and O–H groups in total. The molecule has 0 amide bonds. The zero-order chi connectivity index (χ0) is 13.4. The van der Waals surface area contributed by atoms with Crippen molar-refractivity contribution in [2.45, 2.75) is 0 Å². The molecular weight excluding hydrogens is 220 g/mol. The molecule has 0 aromatic rings. The Morgan fingerprint density at radius 1 is 0.824 bits per heavy atom. The third-order valence-corrected chi connectivity index (χ3v) is 2.91. The maximum Gasteiger partial charge on any atom is 0.0629 e. The summed E-state index contributed by atoms with van der Waals surface area (Å²) in [4.78, 5) is 0. The molecule has 0 saturated heterocycles. The lowest BCUT2D eigenvalue weighted by atomic mass is 9.89. The van der Waals surface area contributed by atoms with Crippen molar-refractivity contribution in [2.75, 3.05) is 33.0 Å². The Morgan fingerprint density at radius 2 is 1.24 bits per heavy atom. The quantitative estimate of drug-likeness (QED) is 0.488. The Hall–Kier alpha value is -0.940. The molecule has 98 valence electrons. The summed E-state index contributed by atoms with van der Waals surface area (Å²) in [7, 11) is 0. The van der Waals surface area contributed by atoms with Crippen LogP contribution in [0.5, 0.6) is 0 Å². The molecule has 0 spiro atoms. The Morgan fingerprint density at radius 3 is 1.53 bits per heavy atom. The van der Waals surface area contributed by atoms with Gasteiger partial charge in [-0.1, -0.05) is 18.2 Å². The molecular formula is C13H22O4. The lowest BCUT2D eigenvalue weighted by Gasteiger charge is -2.29. The summed E-state index contributed by atoms with van der Waals surface area (Å²) >= 11 is 0. The van der Waals surface area contributed by atoms with Crippen LogP contribution in [0.2, 0.25) is 0 Å². The van der Waals surface area contributed by atoms with E-state index in [2.05, 4.69) is 19.7 Å². The van der Waals surface area contributed by atoms with E-state index in [4.69, 9.17) is 20.1 Å². The minimum atomic E-state index is -1.02. The standard InChI is InChI=1S/C13H22O4/c1-4-12(5-2,6-3)10-17-11-13(7-14,8-15)9-16/h4-6,14-16H,1-3,7-11H2. The van der Waals surface area contributed by atoms with Gasteiger partial charge in [-0.3, -0.25) is 0 Å². The van der Waals surface area contributed by atoms with Crippen LogP contribution in [-0.2, 0) is 4.74 Å². The molecule has 0 saturated carbocycles. The van der Waals surface area contributed by atoms with Crippen LogP contribution in [0.25, 0.3) is 0 Å². The molecule has 0 bridgehead atoms. The molecule has 0 aliphatic heterocycles. The normalized spacial score (nSPS) is 12.2. The van der Waals surface area contributed by atoms with Crippen LogP contribution < -0.4 is 0 Å². The number of rotatable bonds is 10. The van der Waals surface area contributed by atoms with Crippen LogP contribution in [0.3, 0.4) is 0 Å². The Kier molecular flexibility index (Phi) is 6.99. The van der Waals surface area contributed by atoms with E-state index in [1.165, 1.54) is 0 Å². The Balaban J connectivity index is 4.42. The van der Waals surface area contributed by atoms with E-state index in [1.54, 1.807) is 18.2 Å². The minimum absolute atomic E-state index is 0.0494. The number of aliphatic hydroxyl groups excluding tert-OH is 3. The zero-order valence-corrected chi connectivity index (χ0v) is 10.1. The van der Waals surface area contributed by atoms with Crippen LogP contribution in [0.15, 0.2) is 38.0 Å². The van der Waals surface area contributed by atoms with Crippen molar-refractivity contribution >= 4 is 0 Å². The first-order valence-electron chi connectivity index (χ1n) is 5.38. The summed E-state index contributed by atoms with van der Waals surface area (Å²) in [6.07, 6.45) is 4.97. The molecule has 17 heavy (non-hydrogen) atoms. The van der Waals surface area contributed by atoms with Crippen LogP contribution in [0.4, 0.5) is 0 Å². The van der Waals surface area contributed by atoms with Gasteiger partial charge in [-0.15, -0.1) is 19.7 Å². The number of hydrogen-bond donors (Lipinski definition) is 3. The second kappa shape index (κ2) is 7.40. The number of ether oxygens (including phenoxy) is 1. The third-order valence-electron chi connectivity index (χ3n) is 2.91. The lowest BCUT2D eigenvalue weighted by molar-refractivity contribution is -0.0635. The molecule has 0 aromatic carbocycles. The number of hydrogen-bond acceptors (Lipinski definition) is 4. The largest absolute Gasteiger partial charge is 0.396 e. The average molecular weight is 242 g/mol. The van der Waals surface area contributed by atoms with Gasteiger partial charge in [-0.2, -0.15) is 0 Å². The van der Waals surface area contributed by atoms with Crippen molar-refractivity contribution in [3.8, 4) is 0 Å². The summed E-state index contributed by atoms with van der Waals surface area (Å²) < 4.78 is 5.42. The molecule has 0 unspecified atom stereocenters. The fourth-order valence-corrected chi connectivity index (χ4v) is 1.16. The van der Waals surface area contributed by atoms with Crippen LogP contribution >= 0.6 is 0 Å². The molecule has 4 heteroatoms. The van der Waals surface area contributed by atoms with Gasteiger partial charge in [0, 0.05) is 5.41 Å². The smallest absolute Gasteiger partial charge is 0.0629 e. The lowest BCUT2D eigenvalue weighted by Crippen LogP contribution is -2.39. The molecule has 4 nitrogen and oxygen atoms in total. The molecule has 0 heterocycles.